The number of pyridine rings is 1. The van der Waals surface area contributed by atoms with Crippen molar-refractivity contribution in [2.45, 2.75) is 25.8 Å². The molecule has 0 atom stereocenters. The summed E-state index contributed by atoms with van der Waals surface area (Å²) in [4.78, 5) is 16.3. The monoisotopic (exact) mass is 272 g/mol. The van der Waals surface area contributed by atoms with Crippen molar-refractivity contribution in [3.05, 3.63) is 65.7 Å². The fraction of sp³-hybridized carbons (Fsp3) is 0.250. The third-order valence-corrected chi connectivity index (χ3v) is 3.04. The molecular weight excluding hydrogens is 255 g/mol. The second-order valence-corrected chi connectivity index (χ2v) is 5.19. The van der Waals surface area contributed by atoms with E-state index in [4.69, 9.17) is 0 Å². The van der Waals surface area contributed by atoms with E-state index in [9.17, 15) is 9.18 Å². The fourth-order valence-corrected chi connectivity index (χ4v) is 1.98. The zero-order valence-electron chi connectivity index (χ0n) is 11.6. The normalized spacial score (nSPS) is 11.2. The average molecular weight is 272 g/mol. The van der Waals surface area contributed by atoms with Crippen molar-refractivity contribution in [1.29, 1.82) is 0 Å². The van der Waals surface area contributed by atoms with Gasteiger partial charge in [-0.2, -0.15) is 0 Å². The Morgan fingerprint density at radius 1 is 1.20 bits per heavy atom. The molecule has 0 bridgehead atoms. The van der Waals surface area contributed by atoms with Crippen LogP contribution in [-0.4, -0.2) is 10.9 Å². The summed E-state index contributed by atoms with van der Waals surface area (Å²) in [5.41, 5.74) is 1.03. The molecule has 0 aliphatic rings. The number of benzene rings is 1. The number of nitrogens with zero attached hydrogens (tertiary/aromatic N) is 1. The van der Waals surface area contributed by atoms with Gasteiger partial charge in [0.05, 0.1) is 17.7 Å². The van der Waals surface area contributed by atoms with Gasteiger partial charge in [-0.1, -0.05) is 18.2 Å². The van der Waals surface area contributed by atoms with E-state index < -0.39 is 5.54 Å². The van der Waals surface area contributed by atoms with Crippen LogP contribution >= 0.6 is 0 Å². The molecule has 20 heavy (non-hydrogen) atoms. The largest absolute Gasteiger partial charge is 0.345 e. The summed E-state index contributed by atoms with van der Waals surface area (Å²) in [6, 6.07) is 11.5. The zero-order valence-corrected chi connectivity index (χ0v) is 11.6. The number of hydrogen-bond acceptors (Lipinski definition) is 2. The number of carbonyl (C=O) groups is 1. The van der Waals surface area contributed by atoms with E-state index in [0.29, 0.717) is 0 Å². The molecule has 0 aliphatic heterocycles. The van der Waals surface area contributed by atoms with E-state index in [2.05, 4.69) is 10.3 Å². The Kier molecular flexibility index (Phi) is 4.13. The van der Waals surface area contributed by atoms with Crippen LogP contribution < -0.4 is 5.32 Å². The van der Waals surface area contributed by atoms with Crippen molar-refractivity contribution >= 4 is 5.91 Å². The quantitative estimate of drug-likeness (QED) is 0.930. The van der Waals surface area contributed by atoms with Gasteiger partial charge in [-0.3, -0.25) is 9.78 Å². The van der Waals surface area contributed by atoms with E-state index in [0.717, 1.165) is 11.3 Å². The van der Waals surface area contributed by atoms with E-state index >= 15 is 0 Å². The van der Waals surface area contributed by atoms with Gasteiger partial charge in [0.15, 0.2) is 0 Å². The molecule has 1 aromatic heterocycles. The minimum atomic E-state index is -0.543. The van der Waals surface area contributed by atoms with E-state index in [-0.39, 0.29) is 18.1 Å². The van der Waals surface area contributed by atoms with Crippen LogP contribution in [-0.2, 0) is 16.8 Å². The first-order chi connectivity index (χ1) is 9.47. The van der Waals surface area contributed by atoms with Crippen molar-refractivity contribution in [3.8, 4) is 0 Å². The summed E-state index contributed by atoms with van der Waals surface area (Å²) in [6.45, 7) is 3.80. The summed E-state index contributed by atoms with van der Waals surface area (Å²) >= 11 is 0. The molecule has 2 aromatic rings. The molecule has 0 saturated carbocycles. The molecule has 0 spiro atoms. The molecule has 0 aliphatic carbocycles. The van der Waals surface area contributed by atoms with E-state index in [1.807, 2.05) is 32.0 Å². The molecule has 0 fully saturated rings. The fourth-order valence-electron chi connectivity index (χ4n) is 1.98. The zero-order chi connectivity index (χ0) is 14.6. The van der Waals surface area contributed by atoms with Gasteiger partial charge in [0, 0.05) is 6.20 Å². The van der Waals surface area contributed by atoms with E-state index in [1.54, 1.807) is 18.3 Å². The Balaban J connectivity index is 2.02. The Labute approximate surface area is 117 Å². The number of aromatic nitrogens is 1. The predicted molar refractivity (Wildman–Crippen MR) is 75.5 cm³/mol. The highest BCUT2D eigenvalue weighted by Crippen LogP contribution is 2.17. The van der Waals surface area contributed by atoms with Crippen molar-refractivity contribution in [1.82, 2.24) is 10.3 Å². The second-order valence-electron chi connectivity index (χ2n) is 5.19. The maximum atomic E-state index is 12.8. The van der Waals surface area contributed by atoms with Gasteiger partial charge in [-0.25, -0.2) is 4.39 Å². The van der Waals surface area contributed by atoms with Gasteiger partial charge >= 0.3 is 0 Å². The Hall–Kier alpha value is -2.23. The smallest absolute Gasteiger partial charge is 0.225 e. The molecule has 3 nitrogen and oxygen atoms in total. The molecule has 1 amide bonds. The van der Waals surface area contributed by atoms with Crippen LogP contribution in [0.5, 0.6) is 0 Å². The maximum Gasteiger partial charge on any atom is 0.225 e. The van der Waals surface area contributed by atoms with Crippen LogP contribution in [0, 0.1) is 5.82 Å². The first-order valence-electron chi connectivity index (χ1n) is 6.44. The summed E-state index contributed by atoms with van der Waals surface area (Å²) < 4.78 is 12.8. The first kappa shape index (κ1) is 14.2. The molecule has 1 aromatic carbocycles. The summed E-state index contributed by atoms with van der Waals surface area (Å²) in [5, 5.41) is 2.94. The molecule has 104 valence electrons. The first-order valence-corrected chi connectivity index (χ1v) is 6.44. The topological polar surface area (TPSA) is 42.0 Å². The Morgan fingerprint density at radius 2 is 1.90 bits per heavy atom. The maximum absolute atomic E-state index is 12.8. The number of rotatable bonds is 4. The predicted octanol–water partition coefficient (Wildman–Crippen LogP) is 2.81. The van der Waals surface area contributed by atoms with Crippen molar-refractivity contribution < 1.29 is 9.18 Å². The van der Waals surface area contributed by atoms with Gasteiger partial charge in [0.1, 0.15) is 5.82 Å². The number of amides is 1. The minimum absolute atomic E-state index is 0.118. The lowest BCUT2D eigenvalue weighted by Gasteiger charge is -2.25. The van der Waals surface area contributed by atoms with E-state index in [1.165, 1.54) is 12.1 Å². The summed E-state index contributed by atoms with van der Waals surface area (Å²) in [6.07, 6.45) is 1.92. The van der Waals surface area contributed by atoms with Crippen LogP contribution in [0.15, 0.2) is 48.7 Å². The van der Waals surface area contributed by atoms with Crippen molar-refractivity contribution in [2.75, 3.05) is 0 Å². The number of hydrogen-bond donors (Lipinski definition) is 1. The van der Waals surface area contributed by atoms with Crippen LogP contribution in [0.1, 0.15) is 25.1 Å². The van der Waals surface area contributed by atoms with Crippen molar-refractivity contribution in [2.24, 2.45) is 0 Å². The average Bonchev–Trinajstić information content (AvgIpc) is 2.42. The molecular formula is C16H17FN2O. The van der Waals surface area contributed by atoms with Crippen LogP contribution in [0.4, 0.5) is 4.39 Å². The molecule has 2 rings (SSSR count). The molecule has 0 unspecified atom stereocenters. The van der Waals surface area contributed by atoms with Crippen molar-refractivity contribution in [3.63, 3.8) is 0 Å². The standard InChI is InChI=1S/C16H17FN2O/c1-16(2,14-5-3-4-10-18-14)19-15(20)11-12-6-8-13(17)9-7-12/h3-10H,11H2,1-2H3,(H,19,20). The molecule has 0 radical (unpaired) electrons. The highest BCUT2D eigenvalue weighted by Gasteiger charge is 2.23. The third-order valence-electron chi connectivity index (χ3n) is 3.04. The van der Waals surface area contributed by atoms with Gasteiger partial charge < -0.3 is 5.32 Å². The lowest BCUT2D eigenvalue weighted by atomic mass is 9.99. The Morgan fingerprint density at radius 3 is 2.50 bits per heavy atom. The highest BCUT2D eigenvalue weighted by molar-refractivity contribution is 5.79. The lowest BCUT2D eigenvalue weighted by Crippen LogP contribution is -2.42. The van der Waals surface area contributed by atoms with Gasteiger partial charge in [0.2, 0.25) is 5.91 Å². The van der Waals surface area contributed by atoms with Crippen LogP contribution in [0.2, 0.25) is 0 Å². The lowest BCUT2D eigenvalue weighted by molar-refractivity contribution is -0.122. The molecule has 0 saturated heterocycles. The molecule has 1 heterocycles. The van der Waals surface area contributed by atoms with Crippen LogP contribution in [0.25, 0.3) is 0 Å². The number of nitrogens with one attached hydrogen (secondary N) is 1. The summed E-state index contributed by atoms with van der Waals surface area (Å²) in [7, 11) is 0. The second kappa shape index (κ2) is 5.82. The number of carbonyl (C=O) groups excluding carboxylic acids is 1. The molecule has 4 heteroatoms. The van der Waals surface area contributed by atoms with Crippen LogP contribution in [0.3, 0.4) is 0 Å². The number of halogens is 1. The van der Waals surface area contributed by atoms with Gasteiger partial charge in [-0.05, 0) is 43.7 Å². The minimum Gasteiger partial charge on any atom is -0.345 e. The Bertz CT molecular complexity index is 579. The van der Waals surface area contributed by atoms with Gasteiger partial charge in [0.25, 0.3) is 0 Å². The highest BCUT2D eigenvalue weighted by atomic mass is 19.1. The molecule has 1 N–H and O–H groups in total. The van der Waals surface area contributed by atoms with Gasteiger partial charge in [-0.15, -0.1) is 0 Å². The summed E-state index contributed by atoms with van der Waals surface area (Å²) in [5.74, 6) is -0.421. The third kappa shape index (κ3) is 3.63. The SMILES string of the molecule is CC(C)(NC(=O)Cc1ccc(F)cc1)c1ccccn1.